The van der Waals surface area contributed by atoms with E-state index in [9.17, 15) is 10.2 Å². The molecule has 2 aromatic heterocycles. The molecule has 0 amide bonds. The maximum absolute atomic E-state index is 10.5. The number of rotatable bonds is 3. The van der Waals surface area contributed by atoms with Gasteiger partial charge in [0.15, 0.2) is 11.4 Å². The minimum atomic E-state index is -0.548. The molecule has 2 N–H and O–H groups in total. The summed E-state index contributed by atoms with van der Waals surface area (Å²) in [6.07, 6.45) is 2.45. The van der Waals surface area contributed by atoms with Crippen molar-refractivity contribution in [2.45, 2.75) is 38.6 Å². The summed E-state index contributed by atoms with van der Waals surface area (Å²) in [5.41, 5.74) is 4.44. The average Bonchev–Trinajstić information content (AvgIpc) is 2.93. The van der Waals surface area contributed by atoms with Crippen LogP contribution in [0.4, 0.5) is 0 Å². The summed E-state index contributed by atoms with van der Waals surface area (Å²) in [4.78, 5) is 4.53. The van der Waals surface area contributed by atoms with E-state index in [0.29, 0.717) is 17.8 Å². The number of aromatic nitrogens is 2. The molecule has 0 unspecified atom stereocenters. The quantitative estimate of drug-likeness (QED) is 0.777. The summed E-state index contributed by atoms with van der Waals surface area (Å²) in [6, 6.07) is 11.8. The van der Waals surface area contributed by atoms with Crippen LogP contribution < -0.4 is 4.74 Å². The number of benzene rings is 1. The number of imidazole rings is 1. The number of aryl methyl sites for hydroxylation is 2. The average molecular weight is 324 g/mol. The molecule has 2 atom stereocenters. The summed E-state index contributed by atoms with van der Waals surface area (Å²) in [6.45, 7) is 1.79. The van der Waals surface area contributed by atoms with Crippen molar-refractivity contribution in [3.05, 3.63) is 65.1 Å². The highest BCUT2D eigenvalue weighted by Crippen LogP contribution is 2.35. The number of nitrogens with zero attached hydrogens (tertiary/aromatic N) is 2. The van der Waals surface area contributed by atoms with Crippen LogP contribution in [0.3, 0.4) is 0 Å². The van der Waals surface area contributed by atoms with Gasteiger partial charge in [-0.1, -0.05) is 24.3 Å². The van der Waals surface area contributed by atoms with Crippen molar-refractivity contribution in [3.8, 4) is 5.75 Å². The minimum absolute atomic E-state index is 0.0780. The molecule has 5 heteroatoms. The smallest absolute Gasteiger partial charge is 0.180 e. The second kappa shape index (κ2) is 5.92. The first-order chi connectivity index (χ1) is 11.7. The second-order valence-electron chi connectivity index (χ2n) is 6.21. The Labute approximate surface area is 140 Å². The lowest BCUT2D eigenvalue weighted by Crippen LogP contribution is -2.29. The van der Waals surface area contributed by atoms with E-state index in [-0.39, 0.29) is 6.61 Å². The third-order valence-electron chi connectivity index (χ3n) is 4.74. The molecule has 5 nitrogen and oxygen atoms in total. The van der Waals surface area contributed by atoms with E-state index in [1.54, 1.807) is 0 Å². The van der Waals surface area contributed by atoms with Crippen molar-refractivity contribution in [1.29, 1.82) is 0 Å². The van der Waals surface area contributed by atoms with Gasteiger partial charge in [0, 0.05) is 6.20 Å². The first-order valence-corrected chi connectivity index (χ1v) is 8.19. The molecule has 0 radical (unpaired) electrons. The highest BCUT2D eigenvalue weighted by molar-refractivity contribution is 5.56. The number of ether oxygens (including phenoxy) is 1. The predicted molar refractivity (Wildman–Crippen MR) is 90.0 cm³/mol. The molecule has 0 spiro atoms. The van der Waals surface area contributed by atoms with Crippen LogP contribution >= 0.6 is 0 Å². The van der Waals surface area contributed by atoms with Crippen LogP contribution in [-0.2, 0) is 13.0 Å². The number of fused-ring (bicyclic) bond motifs is 2. The molecule has 4 rings (SSSR count). The Kier molecular flexibility index (Phi) is 3.75. The van der Waals surface area contributed by atoms with Gasteiger partial charge in [-0.3, -0.25) is 4.40 Å². The lowest BCUT2D eigenvalue weighted by Gasteiger charge is -2.30. The zero-order chi connectivity index (χ0) is 16.7. The molecule has 124 valence electrons. The van der Waals surface area contributed by atoms with Crippen LogP contribution in [0.25, 0.3) is 5.65 Å². The molecule has 0 saturated carbocycles. The van der Waals surface area contributed by atoms with Crippen molar-refractivity contribution in [3.63, 3.8) is 0 Å². The van der Waals surface area contributed by atoms with Gasteiger partial charge in [-0.2, -0.15) is 0 Å². The van der Waals surface area contributed by atoms with Crippen molar-refractivity contribution in [2.75, 3.05) is 0 Å². The molecule has 24 heavy (non-hydrogen) atoms. The van der Waals surface area contributed by atoms with Crippen LogP contribution in [0.2, 0.25) is 0 Å². The van der Waals surface area contributed by atoms with E-state index in [0.717, 1.165) is 23.4 Å². The third kappa shape index (κ3) is 2.37. The van der Waals surface area contributed by atoms with Crippen LogP contribution in [0, 0.1) is 6.92 Å². The molecule has 3 aromatic rings. The molecule has 0 bridgehead atoms. The fourth-order valence-electron chi connectivity index (χ4n) is 3.47. The van der Waals surface area contributed by atoms with Gasteiger partial charge in [-0.15, -0.1) is 0 Å². The minimum Gasteiger partial charge on any atom is -0.479 e. The van der Waals surface area contributed by atoms with Crippen LogP contribution in [0.1, 0.15) is 35.0 Å². The lowest BCUT2D eigenvalue weighted by molar-refractivity contribution is 0.0233. The first kappa shape index (κ1) is 15.2. The Morgan fingerprint density at radius 1 is 1.25 bits per heavy atom. The number of pyridine rings is 1. The van der Waals surface area contributed by atoms with E-state index in [1.165, 1.54) is 5.56 Å². The molecule has 0 saturated heterocycles. The Morgan fingerprint density at radius 2 is 2.08 bits per heavy atom. The van der Waals surface area contributed by atoms with Gasteiger partial charge in [-0.25, -0.2) is 4.98 Å². The highest BCUT2D eigenvalue weighted by atomic mass is 16.5. The fraction of sp³-hybridized carbons (Fsp3) is 0.316. The van der Waals surface area contributed by atoms with Crippen molar-refractivity contribution < 1.29 is 14.9 Å². The normalized spacial score (nSPS) is 20.1. The van der Waals surface area contributed by atoms with Crippen molar-refractivity contribution in [2.24, 2.45) is 0 Å². The predicted octanol–water partition coefficient (Wildman–Crippen LogP) is 2.56. The molecule has 2 heterocycles. The molecular weight excluding hydrogens is 304 g/mol. The Morgan fingerprint density at radius 3 is 2.92 bits per heavy atom. The summed E-state index contributed by atoms with van der Waals surface area (Å²) >= 11 is 0. The fourth-order valence-corrected chi connectivity index (χ4v) is 3.47. The van der Waals surface area contributed by atoms with Gasteiger partial charge in [0.2, 0.25) is 0 Å². The van der Waals surface area contributed by atoms with E-state index < -0.39 is 12.2 Å². The van der Waals surface area contributed by atoms with E-state index in [4.69, 9.17) is 4.74 Å². The maximum atomic E-state index is 10.5. The zero-order valence-electron chi connectivity index (χ0n) is 13.5. The molecule has 0 fully saturated rings. The molecule has 0 aliphatic heterocycles. The van der Waals surface area contributed by atoms with Gasteiger partial charge >= 0.3 is 0 Å². The molecule has 1 aliphatic carbocycles. The summed E-state index contributed by atoms with van der Waals surface area (Å²) in [5.74, 6) is 0.612. The van der Waals surface area contributed by atoms with Crippen LogP contribution in [-0.4, -0.2) is 25.7 Å². The second-order valence-corrected chi connectivity index (χ2v) is 6.21. The van der Waals surface area contributed by atoms with Crippen LogP contribution in [0.15, 0.2) is 42.6 Å². The summed E-state index contributed by atoms with van der Waals surface area (Å²) in [7, 11) is 0. The topological polar surface area (TPSA) is 67.0 Å². The van der Waals surface area contributed by atoms with Gasteiger partial charge in [0.25, 0.3) is 0 Å². The first-order valence-electron chi connectivity index (χ1n) is 8.19. The van der Waals surface area contributed by atoms with Gasteiger partial charge in [0.05, 0.1) is 24.1 Å². The van der Waals surface area contributed by atoms with Gasteiger partial charge in [-0.05, 0) is 43.0 Å². The largest absolute Gasteiger partial charge is 0.479 e. The van der Waals surface area contributed by atoms with Gasteiger partial charge < -0.3 is 14.9 Å². The third-order valence-corrected chi connectivity index (χ3v) is 4.74. The molecule has 1 aromatic carbocycles. The number of hydrogen-bond donors (Lipinski definition) is 2. The zero-order valence-corrected chi connectivity index (χ0v) is 13.5. The van der Waals surface area contributed by atoms with Crippen LogP contribution in [0.5, 0.6) is 5.75 Å². The van der Waals surface area contributed by atoms with E-state index >= 15 is 0 Å². The molecular formula is C19H20N2O3. The number of hydrogen-bond acceptors (Lipinski definition) is 4. The SMILES string of the molecule is Cc1nc2c(O[C@H]3c4ccccc4CC[C@@H]3O)cccn2c1CO. The Hall–Kier alpha value is -2.37. The van der Waals surface area contributed by atoms with Gasteiger partial charge in [0.1, 0.15) is 6.10 Å². The van der Waals surface area contributed by atoms with E-state index in [1.807, 2.05) is 47.9 Å². The maximum Gasteiger partial charge on any atom is 0.180 e. The Bertz CT molecular complexity index is 887. The number of aliphatic hydroxyl groups is 2. The summed E-state index contributed by atoms with van der Waals surface area (Å²) in [5, 5.41) is 20.0. The standard InChI is InChI=1S/C19H20N2O3/c1-12-15(11-22)21-10-4-7-17(19(21)20-12)24-18-14-6-3-2-5-13(14)8-9-16(18)23/h2-7,10,16,18,22-23H,8-9,11H2,1H3/t16-,18-/m0/s1. The highest BCUT2D eigenvalue weighted by Gasteiger charge is 2.30. The lowest BCUT2D eigenvalue weighted by atomic mass is 9.87. The van der Waals surface area contributed by atoms with E-state index in [2.05, 4.69) is 11.1 Å². The van der Waals surface area contributed by atoms with Crippen molar-refractivity contribution in [1.82, 2.24) is 9.38 Å². The summed E-state index contributed by atoms with van der Waals surface area (Å²) < 4.78 is 8.04. The Balaban J connectivity index is 1.77. The monoisotopic (exact) mass is 324 g/mol. The van der Waals surface area contributed by atoms with Crippen molar-refractivity contribution >= 4 is 5.65 Å². The molecule has 1 aliphatic rings. The number of aliphatic hydroxyl groups excluding tert-OH is 2.